The van der Waals surface area contributed by atoms with Gasteiger partial charge in [0.15, 0.2) is 0 Å². The maximum absolute atomic E-state index is 12.8. The zero-order valence-corrected chi connectivity index (χ0v) is 18.2. The van der Waals surface area contributed by atoms with Crippen LogP contribution in [0.5, 0.6) is 5.75 Å². The van der Waals surface area contributed by atoms with Crippen LogP contribution in [0.4, 0.5) is 0 Å². The van der Waals surface area contributed by atoms with Crippen molar-refractivity contribution in [3.8, 4) is 16.3 Å². The molecule has 0 aliphatic rings. The third-order valence-corrected chi connectivity index (χ3v) is 6.44. The number of nitrogens with zero attached hydrogens (tertiary/aromatic N) is 1. The van der Waals surface area contributed by atoms with Gasteiger partial charge in [0.1, 0.15) is 10.8 Å². The van der Waals surface area contributed by atoms with E-state index >= 15 is 0 Å². The molecule has 2 aromatic heterocycles. The highest BCUT2D eigenvalue weighted by Crippen LogP contribution is 2.32. The molecule has 0 fully saturated rings. The van der Waals surface area contributed by atoms with Gasteiger partial charge in [-0.05, 0) is 36.1 Å². The van der Waals surface area contributed by atoms with Crippen LogP contribution >= 0.6 is 22.7 Å². The molecule has 6 heteroatoms. The summed E-state index contributed by atoms with van der Waals surface area (Å²) in [6.07, 6.45) is 0.238. The fraction of sp³-hybridized carbons (Fsp3) is 0.167. The lowest BCUT2D eigenvalue weighted by molar-refractivity contribution is -0.120. The van der Waals surface area contributed by atoms with E-state index in [0.717, 1.165) is 32.5 Å². The van der Waals surface area contributed by atoms with Crippen molar-refractivity contribution in [2.45, 2.75) is 19.4 Å². The highest BCUT2D eigenvalue weighted by Gasteiger charge is 2.19. The van der Waals surface area contributed by atoms with Crippen molar-refractivity contribution in [1.29, 1.82) is 0 Å². The Morgan fingerprint density at radius 2 is 1.83 bits per heavy atom. The minimum Gasteiger partial charge on any atom is -0.493 e. The van der Waals surface area contributed by atoms with Gasteiger partial charge in [0.25, 0.3) is 0 Å². The number of ether oxygens (including phenoxy) is 1. The Morgan fingerprint density at radius 1 is 1.03 bits per heavy atom. The van der Waals surface area contributed by atoms with Crippen LogP contribution in [-0.2, 0) is 11.2 Å². The van der Waals surface area contributed by atoms with E-state index in [-0.39, 0.29) is 18.4 Å². The average Bonchev–Trinajstić information content (AvgIpc) is 3.46. The molecule has 0 saturated carbocycles. The van der Waals surface area contributed by atoms with Crippen molar-refractivity contribution in [3.05, 3.63) is 93.6 Å². The van der Waals surface area contributed by atoms with Gasteiger partial charge in [0.05, 0.1) is 30.3 Å². The molecule has 0 aliphatic heterocycles. The Kier molecular flexibility index (Phi) is 6.57. The normalized spacial score (nSPS) is 11.8. The number of carbonyl (C=O) groups excluding carboxylic acids is 1. The number of para-hydroxylation sites is 1. The van der Waals surface area contributed by atoms with Gasteiger partial charge < -0.3 is 10.1 Å². The van der Waals surface area contributed by atoms with Crippen LogP contribution in [0.15, 0.2) is 77.5 Å². The molecule has 4 aromatic rings. The first kappa shape index (κ1) is 20.3. The summed E-state index contributed by atoms with van der Waals surface area (Å²) in [4.78, 5) is 18.6. The first-order chi connectivity index (χ1) is 14.7. The molecule has 0 spiro atoms. The van der Waals surface area contributed by atoms with E-state index in [1.54, 1.807) is 11.3 Å². The summed E-state index contributed by atoms with van der Waals surface area (Å²) < 4.78 is 5.71. The minimum atomic E-state index is -0.157. The quantitative estimate of drug-likeness (QED) is 0.386. The number of nitrogens with one attached hydrogen (secondary N) is 1. The van der Waals surface area contributed by atoms with E-state index in [1.807, 2.05) is 84.4 Å². The van der Waals surface area contributed by atoms with E-state index in [4.69, 9.17) is 4.74 Å². The molecule has 0 bridgehead atoms. The lowest BCUT2D eigenvalue weighted by Crippen LogP contribution is -2.30. The summed E-state index contributed by atoms with van der Waals surface area (Å²) in [5, 5.41) is 8.01. The monoisotopic (exact) mass is 434 g/mol. The van der Waals surface area contributed by atoms with Crippen LogP contribution < -0.4 is 10.1 Å². The largest absolute Gasteiger partial charge is 0.493 e. The number of benzene rings is 2. The molecule has 0 unspecified atom stereocenters. The Balaban J connectivity index is 1.49. The Labute approximate surface area is 184 Å². The number of thiazole rings is 1. The summed E-state index contributed by atoms with van der Waals surface area (Å²) >= 11 is 3.17. The molecule has 0 radical (unpaired) electrons. The minimum absolute atomic E-state index is 0.0489. The summed E-state index contributed by atoms with van der Waals surface area (Å²) in [6.45, 7) is 2.56. The van der Waals surface area contributed by atoms with Crippen molar-refractivity contribution in [2.24, 2.45) is 0 Å². The smallest absolute Gasteiger partial charge is 0.226 e. The third-order valence-electron chi connectivity index (χ3n) is 4.58. The fourth-order valence-electron chi connectivity index (χ4n) is 3.23. The van der Waals surface area contributed by atoms with Gasteiger partial charge in [-0.2, -0.15) is 0 Å². The molecular weight excluding hydrogens is 412 g/mol. The van der Waals surface area contributed by atoms with Gasteiger partial charge in [-0.15, -0.1) is 22.7 Å². The molecule has 4 rings (SSSR count). The molecule has 0 aliphatic carbocycles. The lowest BCUT2D eigenvalue weighted by atomic mass is 10.1. The van der Waals surface area contributed by atoms with Crippen LogP contribution in [0.2, 0.25) is 0 Å². The average molecular weight is 435 g/mol. The number of rotatable bonds is 8. The van der Waals surface area contributed by atoms with E-state index in [9.17, 15) is 4.79 Å². The van der Waals surface area contributed by atoms with Crippen molar-refractivity contribution < 1.29 is 9.53 Å². The number of aromatic nitrogens is 1. The summed E-state index contributed by atoms with van der Waals surface area (Å²) in [6, 6.07) is 21.8. The number of hydrogen-bond donors (Lipinski definition) is 1. The van der Waals surface area contributed by atoms with E-state index < -0.39 is 0 Å². The number of amides is 1. The van der Waals surface area contributed by atoms with Gasteiger partial charge in [-0.3, -0.25) is 4.79 Å². The zero-order chi connectivity index (χ0) is 20.8. The standard InChI is InChI=1S/C24H22N2O2S2/c1-2-28-20-12-7-6-11-19(20)24-25-18(16-30-24)15-22(27)26-23(21-13-8-14-29-21)17-9-4-3-5-10-17/h3-14,16,23H,2,15H2,1H3,(H,26,27)/t23-/m1/s1. The molecular formula is C24H22N2O2S2. The van der Waals surface area contributed by atoms with Crippen LogP contribution in [0, 0.1) is 0 Å². The van der Waals surface area contributed by atoms with Crippen molar-refractivity contribution in [1.82, 2.24) is 10.3 Å². The fourth-order valence-corrected chi connectivity index (χ4v) is 4.88. The number of carbonyl (C=O) groups is 1. The van der Waals surface area contributed by atoms with Crippen molar-refractivity contribution in [3.63, 3.8) is 0 Å². The number of thiophene rings is 1. The van der Waals surface area contributed by atoms with E-state index in [0.29, 0.717) is 6.61 Å². The van der Waals surface area contributed by atoms with Gasteiger partial charge in [-0.1, -0.05) is 48.5 Å². The van der Waals surface area contributed by atoms with Gasteiger partial charge in [-0.25, -0.2) is 4.98 Å². The maximum atomic E-state index is 12.8. The van der Waals surface area contributed by atoms with Gasteiger partial charge in [0.2, 0.25) is 5.91 Å². The SMILES string of the molecule is CCOc1ccccc1-c1nc(CC(=O)N[C@H](c2ccccc2)c2cccs2)cs1. The molecule has 4 nitrogen and oxygen atoms in total. The van der Waals surface area contributed by atoms with E-state index in [2.05, 4.69) is 10.3 Å². The van der Waals surface area contributed by atoms with Crippen LogP contribution in [0.1, 0.15) is 29.1 Å². The second kappa shape index (κ2) is 9.69. The Hall–Kier alpha value is -2.96. The first-order valence-corrected chi connectivity index (χ1v) is 11.5. The second-order valence-electron chi connectivity index (χ2n) is 6.68. The molecule has 1 N–H and O–H groups in total. The molecule has 1 amide bonds. The highest BCUT2D eigenvalue weighted by molar-refractivity contribution is 7.13. The summed E-state index contributed by atoms with van der Waals surface area (Å²) in [7, 11) is 0. The van der Waals surface area contributed by atoms with Crippen LogP contribution in [-0.4, -0.2) is 17.5 Å². The topological polar surface area (TPSA) is 51.2 Å². The molecule has 2 heterocycles. The number of hydrogen-bond acceptors (Lipinski definition) is 5. The van der Waals surface area contributed by atoms with Crippen molar-refractivity contribution in [2.75, 3.05) is 6.61 Å². The lowest BCUT2D eigenvalue weighted by Gasteiger charge is -2.18. The summed E-state index contributed by atoms with van der Waals surface area (Å²) in [5.74, 6) is 0.763. The molecule has 152 valence electrons. The Morgan fingerprint density at radius 3 is 2.60 bits per heavy atom. The third kappa shape index (κ3) is 4.78. The first-order valence-electron chi connectivity index (χ1n) is 9.79. The summed E-state index contributed by atoms with van der Waals surface area (Å²) in [5.41, 5.74) is 2.78. The predicted octanol–water partition coefficient (Wildman–Crippen LogP) is 5.72. The van der Waals surface area contributed by atoms with Crippen LogP contribution in [0.3, 0.4) is 0 Å². The molecule has 0 saturated heterocycles. The van der Waals surface area contributed by atoms with Crippen molar-refractivity contribution >= 4 is 28.6 Å². The maximum Gasteiger partial charge on any atom is 0.226 e. The van der Waals surface area contributed by atoms with Crippen LogP contribution in [0.25, 0.3) is 10.6 Å². The molecule has 2 aromatic carbocycles. The zero-order valence-electron chi connectivity index (χ0n) is 16.6. The van der Waals surface area contributed by atoms with Gasteiger partial charge in [0, 0.05) is 10.3 Å². The Bertz CT molecular complexity index is 1090. The van der Waals surface area contributed by atoms with Gasteiger partial charge >= 0.3 is 0 Å². The molecule has 1 atom stereocenters. The van der Waals surface area contributed by atoms with E-state index in [1.165, 1.54) is 11.3 Å². The second-order valence-corrected chi connectivity index (χ2v) is 8.51. The highest BCUT2D eigenvalue weighted by atomic mass is 32.1. The molecule has 30 heavy (non-hydrogen) atoms. The predicted molar refractivity (Wildman–Crippen MR) is 123 cm³/mol.